The van der Waals surface area contributed by atoms with Crippen LogP contribution in [0.3, 0.4) is 0 Å². The second-order valence-corrected chi connectivity index (χ2v) is 3.54. The Hall–Kier alpha value is -1.03. The van der Waals surface area contributed by atoms with Crippen LogP contribution >= 0.6 is 11.3 Å². The lowest BCUT2D eigenvalue weighted by atomic mass is 10.3. The maximum Gasteiger partial charge on any atom is 0.349 e. The van der Waals surface area contributed by atoms with E-state index in [2.05, 4.69) is 6.92 Å². The number of thiophene rings is 1. The molecule has 0 aromatic carbocycles. The largest absolute Gasteiger partial charge is 0.492 e. The molecule has 0 saturated heterocycles. The van der Waals surface area contributed by atoms with Gasteiger partial charge < -0.3 is 9.84 Å². The second kappa shape index (κ2) is 8.29. The summed E-state index contributed by atoms with van der Waals surface area (Å²) in [6, 6.07) is 1.70. The van der Waals surface area contributed by atoms with E-state index < -0.39 is 5.97 Å². The molecule has 3 nitrogen and oxygen atoms in total. The van der Waals surface area contributed by atoms with Crippen LogP contribution in [0.25, 0.3) is 0 Å². The Morgan fingerprint density at radius 2 is 2.20 bits per heavy atom. The summed E-state index contributed by atoms with van der Waals surface area (Å²) >= 11 is 1.19. The van der Waals surface area contributed by atoms with E-state index in [0.717, 1.165) is 12.8 Å². The molecule has 0 aliphatic carbocycles. The van der Waals surface area contributed by atoms with E-state index in [1.54, 1.807) is 11.4 Å². The van der Waals surface area contributed by atoms with Gasteiger partial charge in [-0.2, -0.15) is 0 Å². The van der Waals surface area contributed by atoms with Gasteiger partial charge in [0.25, 0.3) is 0 Å². The van der Waals surface area contributed by atoms with Crippen molar-refractivity contribution in [2.24, 2.45) is 0 Å². The van der Waals surface area contributed by atoms with Crippen LogP contribution in [-0.2, 0) is 0 Å². The highest BCUT2D eigenvalue weighted by molar-refractivity contribution is 7.12. The molecule has 1 N–H and O–H groups in total. The molecular weight excluding hydrogens is 212 g/mol. The highest BCUT2D eigenvalue weighted by Gasteiger charge is 2.11. The van der Waals surface area contributed by atoms with E-state index in [0.29, 0.717) is 12.4 Å². The van der Waals surface area contributed by atoms with Crippen LogP contribution < -0.4 is 4.74 Å². The van der Waals surface area contributed by atoms with Gasteiger partial charge in [0.2, 0.25) is 0 Å². The lowest BCUT2D eigenvalue weighted by Gasteiger charge is -2.03. The number of carboxylic acids is 1. The molecule has 0 unspecified atom stereocenters. The van der Waals surface area contributed by atoms with Crippen molar-refractivity contribution in [1.29, 1.82) is 0 Å². The van der Waals surface area contributed by atoms with Crippen LogP contribution in [0.1, 0.15) is 43.3 Å². The molecular formula is C11H18O3S. The molecule has 1 heterocycles. The molecule has 15 heavy (non-hydrogen) atoms. The van der Waals surface area contributed by atoms with Crippen LogP contribution in [0.5, 0.6) is 5.75 Å². The molecule has 0 aliphatic rings. The topological polar surface area (TPSA) is 46.5 Å². The number of carboxylic acid groups (broad SMARTS) is 1. The third kappa shape index (κ3) is 4.83. The maximum atomic E-state index is 10.6. The van der Waals surface area contributed by atoms with Gasteiger partial charge in [-0.3, -0.25) is 0 Å². The van der Waals surface area contributed by atoms with Gasteiger partial charge in [-0.05, 0) is 17.9 Å². The van der Waals surface area contributed by atoms with Gasteiger partial charge >= 0.3 is 5.97 Å². The molecule has 1 aromatic rings. The Bertz CT molecular complexity index is 281. The van der Waals surface area contributed by atoms with Crippen LogP contribution in [-0.4, -0.2) is 17.7 Å². The average Bonchev–Trinajstić information content (AvgIpc) is 2.70. The number of unbranched alkanes of at least 4 members (excludes halogenated alkanes) is 1. The predicted octanol–water partition coefficient (Wildman–Crippen LogP) is 3.65. The molecule has 0 bridgehead atoms. The van der Waals surface area contributed by atoms with Crippen molar-refractivity contribution >= 4 is 17.3 Å². The van der Waals surface area contributed by atoms with Gasteiger partial charge in [-0.1, -0.05) is 27.2 Å². The molecule has 0 aliphatic heterocycles. The van der Waals surface area contributed by atoms with E-state index >= 15 is 0 Å². The smallest absolute Gasteiger partial charge is 0.349 e. The first-order valence-corrected chi connectivity index (χ1v) is 6.07. The molecule has 0 fully saturated rings. The molecule has 86 valence electrons. The van der Waals surface area contributed by atoms with Gasteiger partial charge in [0.05, 0.1) is 6.61 Å². The Labute approximate surface area is 94.7 Å². The fraction of sp³-hybridized carbons (Fsp3) is 0.545. The first-order chi connectivity index (χ1) is 7.25. The summed E-state index contributed by atoms with van der Waals surface area (Å²) in [6.45, 7) is 6.66. The summed E-state index contributed by atoms with van der Waals surface area (Å²) in [5.74, 6) is -0.424. The Balaban J connectivity index is 0.000000921. The van der Waals surface area contributed by atoms with Gasteiger partial charge in [-0.25, -0.2) is 4.79 Å². The van der Waals surface area contributed by atoms with Crippen LogP contribution in [0.15, 0.2) is 11.4 Å². The van der Waals surface area contributed by atoms with Crippen molar-refractivity contribution < 1.29 is 14.6 Å². The van der Waals surface area contributed by atoms with E-state index in [1.807, 2.05) is 13.8 Å². The normalized spacial score (nSPS) is 9.00. The first-order valence-electron chi connectivity index (χ1n) is 5.19. The van der Waals surface area contributed by atoms with Gasteiger partial charge in [0, 0.05) is 0 Å². The molecule has 0 amide bonds. The Kier molecular flexibility index (Phi) is 7.72. The molecule has 1 aromatic heterocycles. The van der Waals surface area contributed by atoms with E-state index in [4.69, 9.17) is 9.84 Å². The minimum Gasteiger partial charge on any atom is -0.492 e. The zero-order valence-corrected chi connectivity index (χ0v) is 10.3. The zero-order valence-electron chi connectivity index (χ0n) is 9.45. The minimum atomic E-state index is -0.915. The summed E-state index contributed by atoms with van der Waals surface area (Å²) < 4.78 is 5.31. The standard InChI is InChI=1S/C9H12O3S.C2H6/c1-2-3-5-12-7-4-6-13-8(7)9(10)11;1-2/h4,6H,2-3,5H2,1H3,(H,10,11);1-2H3. The maximum absolute atomic E-state index is 10.6. The fourth-order valence-corrected chi connectivity index (χ4v) is 1.57. The van der Waals surface area contributed by atoms with Gasteiger partial charge in [0.1, 0.15) is 5.75 Å². The highest BCUT2D eigenvalue weighted by atomic mass is 32.1. The Morgan fingerprint density at radius 3 is 2.73 bits per heavy atom. The monoisotopic (exact) mass is 230 g/mol. The van der Waals surface area contributed by atoms with Crippen LogP contribution in [0, 0.1) is 0 Å². The summed E-state index contributed by atoms with van der Waals surface area (Å²) in [6.07, 6.45) is 2.00. The lowest BCUT2D eigenvalue weighted by Crippen LogP contribution is -2.00. The van der Waals surface area contributed by atoms with Crippen molar-refractivity contribution in [3.8, 4) is 5.75 Å². The third-order valence-electron chi connectivity index (χ3n) is 1.58. The van der Waals surface area contributed by atoms with Gasteiger partial charge in [-0.15, -0.1) is 11.3 Å². The fourth-order valence-electron chi connectivity index (χ4n) is 0.894. The molecule has 0 radical (unpaired) electrons. The van der Waals surface area contributed by atoms with E-state index in [1.165, 1.54) is 11.3 Å². The number of hydrogen-bond donors (Lipinski definition) is 1. The van der Waals surface area contributed by atoms with Crippen LogP contribution in [0.2, 0.25) is 0 Å². The average molecular weight is 230 g/mol. The number of hydrogen-bond acceptors (Lipinski definition) is 3. The number of rotatable bonds is 5. The zero-order chi connectivity index (χ0) is 11.7. The number of carbonyl (C=O) groups is 1. The third-order valence-corrected chi connectivity index (χ3v) is 2.46. The SMILES string of the molecule is CC.CCCCOc1ccsc1C(=O)O. The van der Waals surface area contributed by atoms with E-state index in [-0.39, 0.29) is 4.88 Å². The Morgan fingerprint density at radius 1 is 1.53 bits per heavy atom. The van der Waals surface area contributed by atoms with Crippen molar-refractivity contribution in [3.63, 3.8) is 0 Å². The molecule has 0 saturated carbocycles. The summed E-state index contributed by atoms with van der Waals surface area (Å²) in [7, 11) is 0. The number of ether oxygens (including phenoxy) is 1. The van der Waals surface area contributed by atoms with Gasteiger partial charge in [0.15, 0.2) is 4.88 Å². The minimum absolute atomic E-state index is 0.288. The predicted molar refractivity (Wildman–Crippen MR) is 63.0 cm³/mol. The summed E-state index contributed by atoms with van der Waals surface area (Å²) in [4.78, 5) is 10.9. The molecule has 0 spiro atoms. The molecule has 4 heteroatoms. The summed E-state index contributed by atoms with van der Waals surface area (Å²) in [5.41, 5.74) is 0. The van der Waals surface area contributed by atoms with Crippen molar-refractivity contribution in [3.05, 3.63) is 16.3 Å². The molecule has 1 rings (SSSR count). The van der Waals surface area contributed by atoms with Crippen molar-refractivity contribution in [2.75, 3.05) is 6.61 Å². The molecule has 0 atom stereocenters. The quantitative estimate of drug-likeness (QED) is 0.785. The first kappa shape index (κ1) is 14.0. The summed E-state index contributed by atoms with van der Waals surface area (Å²) in [5, 5.41) is 10.5. The van der Waals surface area contributed by atoms with E-state index in [9.17, 15) is 4.79 Å². The van der Waals surface area contributed by atoms with Crippen molar-refractivity contribution in [1.82, 2.24) is 0 Å². The highest BCUT2D eigenvalue weighted by Crippen LogP contribution is 2.24. The number of aromatic carboxylic acids is 1. The lowest BCUT2D eigenvalue weighted by molar-refractivity contribution is 0.0698. The second-order valence-electron chi connectivity index (χ2n) is 2.62. The van der Waals surface area contributed by atoms with Crippen molar-refractivity contribution in [2.45, 2.75) is 33.6 Å². The van der Waals surface area contributed by atoms with Crippen LogP contribution in [0.4, 0.5) is 0 Å².